The first-order valence-corrected chi connectivity index (χ1v) is 7.78. The van der Waals surface area contributed by atoms with Crippen LogP contribution in [0.15, 0.2) is 53.1 Å². The molecule has 0 radical (unpaired) electrons. The van der Waals surface area contributed by atoms with E-state index in [1.165, 1.54) is 0 Å². The molecular weight excluding hydrogens is 306 g/mol. The molecule has 5 nitrogen and oxygen atoms in total. The van der Waals surface area contributed by atoms with Crippen molar-refractivity contribution < 1.29 is 19.4 Å². The summed E-state index contributed by atoms with van der Waals surface area (Å²) in [6.07, 6.45) is 2.36. The van der Waals surface area contributed by atoms with E-state index in [-0.39, 0.29) is 19.1 Å². The van der Waals surface area contributed by atoms with Crippen LogP contribution in [-0.2, 0) is 19.6 Å². The van der Waals surface area contributed by atoms with E-state index >= 15 is 0 Å². The van der Waals surface area contributed by atoms with Crippen molar-refractivity contribution in [2.75, 3.05) is 6.54 Å². The Morgan fingerprint density at radius 1 is 0.958 bits per heavy atom. The van der Waals surface area contributed by atoms with Gasteiger partial charge in [-0.3, -0.25) is 4.79 Å². The maximum atomic E-state index is 12.3. The van der Waals surface area contributed by atoms with Crippen molar-refractivity contribution in [3.05, 3.63) is 71.0 Å². The molecule has 0 saturated heterocycles. The molecule has 0 aliphatic heterocycles. The first-order chi connectivity index (χ1) is 11.7. The Kier molecular flexibility index (Phi) is 4.93. The zero-order chi connectivity index (χ0) is 16.9. The van der Waals surface area contributed by atoms with E-state index in [1.54, 1.807) is 24.5 Å². The third-order valence-electron chi connectivity index (χ3n) is 3.90. The van der Waals surface area contributed by atoms with Gasteiger partial charge in [0.25, 0.3) is 5.91 Å². The minimum atomic E-state index is -0.218. The van der Waals surface area contributed by atoms with Gasteiger partial charge in [-0.1, -0.05) is 12.1 Å². The zero-order valence-corrected chi connectivity index (χ0v) is 13.2. The second-order valence-corrected chi connectivity index (χ2v) is 5.65. The lowest BCUT2D eigenvalue weighted by Crippen LogP contribution is -2.26. The number of rotatable bonds is 6. The predicted octanol–water partition coefficient (Wildman–Crippen LogP) is 2.39. The highest BCUT2D eigenvalue weighted by Crippen LogP contribution is 2.17. The highest BCUT2D eigenvalue weighted by atomic mass is 16.3. The monoisotopic (exact) mass is 325 g/mol. The lowest BCUT2D eigenvalue weighted by Gasteiger charge is -2.09. The molecule has 0 saturated carbocycles. The summed E-state index contributed by atoms with van der Waals surface area (Å²) in [4.78, 5) is 12.3. The molecule has 0 fully saturated rings. The molecule has 1 heterocycles. The number of aliphatic hydroxyl groups excluding tert-OH is 2. The summed E-state index contributed by atoms with van der Waals surface area (Å²) < 4.78 is 5.31. The topological polar surface area (TPSA) is 82.7 Å². The van der Waals surface area contributed by atoms with Crippen LogP contribution >= 0.6 is 0 Å². The molecule has 2 aromatic carbocycles. The van der Waals surface area contributed by atoms with Crippen molar-refractivity contribution in [3.8, 4) is 0 Å². The number of carbonyl (C=O) groups excluding carboxylic acids is 1. The molecule has 124 valence electrons. The Bertz CT molecular complexity index is 831. The summed E-state index contributed by atoms with van der Waals surface area (Å²) >= 11 is 0. The van der Waals surface area contributed by atoms with Gasteiger partial charge in [-0.25, -0.2) is 0 Å². The van der Waals surface area contributed by atoms with E-state index in [9.17, 15) is 15.0 Å². The first kappa shape index (κ1) is 16.2. The van der Waals surface area contributed by atoms with Crippen LogP contribution in [0.2, 0.25) is 0 Å². The lowest BCUT2D eigenvalue weighted by molar-refractivity contribution is 0.0954. The molecule has 0 aliphatic rings. The molecular formula is C19H19NO4. The van der Waals surface area contributed by atoms with E-state index in [2.05, 4.69) is 5.32 Å². The molecule has 0 aliphatic carbocycles. The van der Waals surface area contributed by atoms with Gasteiger partial charge < -0.3 is 19.9 Å². The number of nitrogens with one attached hydrogen (secondary N) is 1. The number of benzene rings is 2. The molecule has 1 amide bonds. The number of aliphatic hydroxyl groups is 2. The first-order valence-electron chi connectivity index (χ1n) is 7.78. The van der Waals surface area contributed by atoms with Crippen LogP contribution in [0.3, 0.4) is 0 Å². The fourth-order valence-corrected chi connectivity index (χ4v) is 2.67. The Labute approximate surface area is 139 Å². The number of hydrogen-bond acceptors (Lipinski definition) is 4. The van der Waals surface area contributed by atoms with Crippen LogP contribution < -0.4 is 5.32 Å². The molecule has 5 heteroatoms. The van der Waals surface area contributed by atoms with Crippen molar-refractivity contribution in [1.82, 2.24) is 5.32 Å². The third-order valence-corrected chi connectivity index (χ3v) is 3.90. The van der Waals surface area contributed by atoms with Gasteiger partial charge in [-0.15, -0.1) is 0 Å². The summed E-state index contributed by atoms with van der Waals surface area (Å²) in [6, 6.07) is 12.8. The molecule has 3 N–H and O–H groups in total. The van der Waals surface area contributed by atoms with E-state index in [4.69, 9.17) is 4.42 Å². The van der Waals surface area contributed by atoms with Crippen LogP contribution in [-0.4, -0.2) is 22.7 Å². The molecule has 0 unspecified atom stereocenters. The minimum Gasteiger partial charge on any atom is -0.464 e. The molecule has 24 heavy (non-hydrogen) atoms. The Morgan fingerprint density at radius 3 is 2.42 bits per heavy atom. The zero-order valence-electron chi connectivity index (χ0n) is 13.2. The summed E-state index contributed by atoms with van der Waals surface area (Å²) in [7, 11) is 0. The van der Waals surface area contributed by atoms with Gasteiger partial charge in [0.05, 0.1) is 19.5 Å². The second-order valence-electron chi connectivity index (χ2n) is 5.65. The average molecular weight is 325 g/mol. The maximum Gasteiger partial charge on any atom is 0.251 e. The van der Waals surface area contributed by atoms with Crippen LogP contribution in [0.1, 0.15) is 27.0 Å². The van der Waals surface area contributed by atoms with Gasteiger partial charge >= 0.3 is 0 Å². The SMILES string of the molecule is O=C(NCCc1ccc2occc2c1)c1cc(CO)cc(CO)c1. The van der Waals surface area contributed by atoms with Crippen LogP contribution in [0.4, 0.5) is 0 Å². The molecule has 0 spiro atoms. The minimum absolute atomic E-state index is 0.168. The van der Waals surface area contributed by atoms with Crippen LogP contribution in [0, 0.1) is 0 Å². The average Bonchev–Trinajstić information content (AvgIpc) is 3.08. The van der Waals surface area contributed by atoms with Crippen molar-refractivity contribution in [2.24, 2.45) is 0 Å². The summed E-state index contributed by atoms with van der Waals surface area (Å²) in [5.41, 5.74) is 3.62. The third kappa shape index (κ3) is 3.64. The van der Waals surface area contributed by atoms with E-state index in [0.717, 1.165) is 16.5 Å². The number of hydrogen-bond donors (Lipinski definition) is 3. The number of carbonyl (C=O) groups is 1. The molecule has 0 atom stereocenters. The highest BCUT2D eigenvalue weighted by Gasteiger charge is 2.08. The molecule has 3 rings (SSSR count). The Morgan fingerprint density at radius 2 is 1.71 bits per heavy atom. The predicted molar refractivity (Wildman–Crippen MR) is 90.5 cm³/mol. The largest absolute Gasteiger partial charge is 0.464 e. The fourth-order valence-electron chi connectivity index (χ4n) is 2.67. The van der Waals surface area contributed by atoms with E-state index in [1.807, 2.05) is 24.3 Å². The van der Waals surface area contributed by atoms with Crippen molar-refractivity contribution in [3.63, 3.8) is 0 Å². The van der Waals surface area contributed by atoms with Gasteiger partial charge in [-0.05, 0) is 53.4 Å². The van der Waals surface area contributed by atoms with Crippen molar-refractivity contribution in [2.45, 2.75) is 19.6 Å². The van der Waals surface area contributed by atoms with Gasteiger partial charge in [0.1, 0.15) is 5.58 Å². The quantitative estimate of drug-likeness (QED) is 0.650. The van der Waals surface area contributed by atoms with Gasteiger partial charge in [-0.2, -0.15) is 0 Å². The van der Waals surface area contributed by atoms with Gasteiger partial charge in [0.2, 0.25) is 0 Å². The second kappa shape index (κ2) is 7.29. The standard InChI is InChI=1S/C19H19NO4/c21-11-14-7-15(12-22)10-17(9-14)19(23)20-5-3-13-1-2-18-16(8-13)4-6-24-18/h1-2,4,6-10,21-22H,3,5,11-12H2,(H,20,23). The van der Waals surface area contributed by atoms with Gasteiger partial charge in [0, 0.05) is 17.5 Å². The molecule has 0 bridgehead atoms. The van der Waals surface area contributed by atoms with Crippen molar-refractivity contribution in [1.29, 1.82) is 0 Å². The van der Waals surface area contributed by atoms with E-state index < -0.39 is 0 Å². The van der Waals surface area contributed by atoms with Crippen LogP contribution in [0.5, 0.6) is 0 Å². The van der Waals surface area contributed by atoms with E-state index in [0.29, 0.717) is 29.7 Å². The molecule has 1 aromatic heterocycles. The van der Waals surface area contributed by atoms with Crippen LogP contribution in [0.25, 0.3) is 11.0 Å². The normalized spacial score (nSPS) is 10.9. The summed E-state index contributed by atoms with van der Waals surface area (Å²) in [5.74, 6) is -0.218. The van der Waals surface area contributed by atoms with Crippen molar-refractivity contribution >= 4 is 16.9 Å². The number of amides is 1. The molecule has 3 aromatic rings. The summed E-state index contributed by atoms with van der Waals surface area (Å²) in [6.45, 7) is 0.164. The number of furan rings is 1. The Balaban J connectivity index is 1.62. The lowest BCUT2D eigenvalue weighted by atomic mass is 10.1. The highest BCUT2D eigenvalue weighted by molar-refractivity contribution is 5.94. The smallest absolute Gasteiger partial charge is 0.251 e. The Hall–Kier alpha value is -2.63. The fraction of sp³-hybridized carbons (Fsp3) is 0.211. The maximum absolute atomic E-state index is 12.3. The number of fused-ring (bicyclic) bond motifs is 1. The summed E-state index contributed by atoms with van der Waals surface area (Å²) in [5, 5.41) is 22.4. The van der Waals surface area contributed by atoms with Gasteiger partial charge in [0.15, 0.2) is 0 Å².